The maximum absolute atomic E-state index is 12.9. The van der Waals surface area contributed by atoms with Crippen molar-refractivity contribution in [2.24, 2.45) is 28.5 Å². The lowest BCUT2D eigenvalue weighted by molar-refractivity contribution is -0.132. The van der Waals surface area contributed by atoms with Crippen molar-refractivity contribution in [3.63, 3.8) is 0 Å². The van der Waals surface area contributed by atoms with Crippen molar-refractivity contribution in [3.05, 3.63) is 0 Å². The summed E-state index contributed by atoms with van der Waals surface area (Å²) in [4.78, 5) is 40.9. The van der Waals surface area contributed by atoms with E-state index in [0.717, 1.165) is 32.0 Å². The molecule has 0 bridgehead atoms. The minimum absolute atomic E-state index is 0.0621. The molecular weight excluding hydrogens is 368 g/mol. The Morgan fingerprint density at radius 3 is 2.14 bits per heavy atom. The fourth-order valence-electron chi connectivity index (χ4n) is 3.30. The second-order valence-electron chi connectivity index (χ2n) is 8.61. The predicted octanol–water partition coefficient (Wildman–Crippen LogP) is 2.82. The van der Waals surface area contributed by atoms with E-state index in [1.165, 1.54) is 6.34 Å². The van der Waals surface area contributed by atoms with Crippen LogP contribution in [0.2, 0.25) is 0 Å². The summed E-state index contributed by atoms with van der Waals surface area (Å²) in [5.74, 6) is 0.195. The molecule has 0 saturated carbocycles. The molecule has 0 heterocycles. The van der Waals surface area contributed by atoms with Crippen LogP contribution in [0.3, 0.4) is 0 Å². The van der Waals surface area contributed by atoms with Crippen molar-refractivity contribution in [1.29, 1.82) is 0 Å². The van der Waals surface area contributed by atoms with Gasteiger partial charge in [-0.05, 0) is 43.9 Å². The van der Waals surface area contributed by atoms with Gasteiger partial charge in [-0.1, -0.05) is 47.5 Å². The molecule has 0 aromatic heterocycles. The lowest BCUT2D eigenvalue weighted by Crippen LogP contribution is -2.51. The maximum atomic E-state index is 12.9. The summed E-state index contributed by atoms with van der Waals surface area (Å²) >= 11 is 0. The number of nitrogens with zero attached hydrogens (tertiary/aromatic N) is 1. The van der Waals surface area contributed by atoms with Gasteiger partial charge in [0.25, 0.3) is 0 Å². The standard InChI is InChI=1S/C22H42N4O3/c1-6-7-9-18(12-16(2)3)21(28)26-20(13-17(4)5)22(29)25-19(14-27)10-8-11-24-15-23/h14-20H,6-13H2,1-5H3,(H2,23,24)(H,25,29)(H,26,28)/t18?,19?,20-/m0/s1. The van der Waals surface area contributed by atoms with Crippen LogP contribution in [-0.4, -0.2) is 43.1 Å². The van der Waals surface area contributed by atoms with Gasteiger partial charge >= 0.3 is 0 Å². The van der Waals surface area contributed by atoms with Crippen LogP contribution in [0.1, 0.15) is 79.6 Å². The lowest BCUT2D eigenvalue weighted by atomic mass is 9.91. The van der Waals surface area contributed by atoms with Crippen LogP contribution < -0.4 is 16.4 Å². The van der Waals surface area contributed by atoms with Crippen LogP contribution in [0.5, 0.6) is 0 Å². The number of unbranched alkanes of at least 4 members (excludes halogenated alkanes) is 1. The summed E-state index contributed by atoms with van der Waals surface area (Å²) in [6, 6.07) is -1.23. The molecule has 0 spiro atoms. The normalized spacial score (nSPS) is 14.7. The van der Waals surface area contributed by atoms with Gasteiger partial charge in [-0.25, -0.2) is 0 Å². The second kappa shape index (κ2) is 15.9. The highest BCUT2D eigenvalue weighted by Gasteiger charge is 2.27. The van der Waals surface area contributed by atoms with Crippen molar-refractivity contribution in [3.8, 4) is 0 Å². The number of aldehydes is 1. The third-order valence-corrected chi connectivity index (χ3v) is 4.77. The van der Waals surface area contributed by atoms with E-state index >= 15 is 0 Å². The van der Waals surface area contributed by atoms with Crippen LogP contribution in [0, 0.1) is 17.8 Å². The van der Waals surface area contributed by atoms with E-state index in [-0.39, 0.29) is 23.7 Å². The topological polar surface area (TPSA) is 114 Å². The second-order valence-corrected chi connectivity index (χ2v) is 8.61. The summed E-state index contributed by atoms with van der Waals surface area (Å²) in [7, 11) is 0. The van der Waals surface area contributed by atoms with E-state index in [4.69, 9.17) is 5.73 Å². The van der Waals surface area contributed by atoms with Gasteiger partial charge in [-0.15, -0.1) is 0 Å². The molecule has 7 heteroatoms. The average molecular weight is 411 g/mol. The number of nitrogens with one attached hydrogen (secondary N) is 2. The molecule has 0 aromatic rings. The SMILES string of the molecule is CCCCC(CC(C)C)C(=O)N[C@@H](CC(C)C)C(=O)NC(C=O)CCCN=CN. The number of carbonyl (C=O) groups excluding carboxylic acids is 3. The Balaban J connectivity index is 5.03. The van der Waals surface area contributed by atoms with Crippen LogP contribution in [0.15, 0.2) is 4.99 Å². The highest BCUT2D eigenvalue weighted by atomic mass is 16.2. The maximum Gasteiger partial charge on any atom is 0.243 e. The van der Waals surface area contributed by atoms with Gasteiger partial charge in [-0.3, -0.25) is 14.6 Å². The van der Waals surface area contributed by atoms with Gasteiger partial charge in [0.15, 0.2) is 0 Å². The number of amides is 2. The van der Waals surface area contributed by atoms with Crippen molar-refractivity contribution < 1.29 is 14.4 Å². The molecule has 0 aliphatic heterocycles. The fourth-order valence-corrected chi connectivity index (χ4v) is 3.30. The molecule has 0 aromatic carbocycles. The Morgan fingerprint density at radius 2 is 1.62 bits per heavy atom. The van der Waals surface area contributed by atoms with Crippen molar-refractivity contribution in [2.75, 3.05) is 6.54 Å². The molecule has 0 fully saturated rings. The average Bonchev–Trinajstić information content (AvgIpc) is 2.65. The summed E-state index contributed by atoms with van der Waals surface area (Å²) in [6.45, 7) is 10.9. The van der Waals surface area contributed by atoms with Crippen molar-refractivity contribution in [2.45, 2.75) is 91.6 Å². The Hall–Kier alpha value is -1.92. The Bertz CT molecular complexity index is 506. The molecular formula is C22H42N4O3. The summed E-state index contributed by atoms with van der Waals surface area (Å²) < 4.78 is 0. The highest BCUT2D eigenvalue weighted by Crippen LogP contribution is 2.19. The van der Waals surface area contributed by atoms with Gasteiger partial charge in [0.1, 0.15) is 12.3 Å². The quantitative estimate of drug-likeness (QED) is 0.157. The molecule has 168 valence electrons. The molecule has 0 aliphatic carbocycles. The molecule has 4 N–H and O–H groups in total. The Morgan fingerprint density at radius 1 is 0.966 bits per heavy atom. The first-order valence-electron chi connectivity index (χ1n) is 11.0. The van der Waals surface area contributed by atoms with E-state index in [9.17, 15) is 14.4 Å². The van der Waals surface area contributed by atoms with Gasteiger partial charge in [0.05, 0.1) is 12.4 Å². The molecule has 3 atom stereocenters. The zero-order valence-corrected chi connectivity index (χ0v) is 18.9. The largest absolute Gasteiger partial charge is 0.390 e. The number of hydrogen-bond acceptors (Lipinski definition) is 4. The number of rotatable bonds is 16. The van der Waals surface area contributed by atoms with Gasteiger partial charge in [-0.2, -0.15) is 0 Å². The molecule has 0 aliphatic rings. The van der Waals surface area contributed by atoms with E-state index in [0.29, 0.717) is 31.7 Å². The van der Waals surface area contributed by atoms with Gasteiger partial charge < -0.3 is 21.2 Å². The van der Waals surface area contributed by atoms with E-state index in [1.807, 2.05) is 13.8 Å². The number of hydrogen-bond donors (Lipinski definition) is 3. The van der Waals surface area contributed by atoms with Crippen LogP contribution >= 0.6 is 0 Å². The smallest absolute Gasteiger partial charge is 0.243 e. The number of aliphatic imine (C=N–C) groups is 1. The fraction of sp³-hybridized carbons (Fsp3) is 0.818. The zero-order chi connectivity index (χ0) is 22.2. The Kier molecular flexibility index (Phi) is 14.9. The number of nitrogens with two attached hydrogens (primary N) is 1. The molecule has 2 amide bonds. The van der Waals surface area contributed by atoms with Gasteiger partial charge in [0.2, 0.25) is 11.8 Å². The number of carbonyl (C=O) groups is 3. The van der Waals surface area contributed by atoms with Crippen molar-refractivity contribution in [1.82, 2.24) is 10.6 Å². The summed E-state index contributed by atoms with van der Waals surface area (Å²) in [6.07, 6.45) is 7.29. The molecule has 7 nitrogen and oxygen atoms in total. The minimum atomic E-state index is -0.636. The van der Waals surface area contributed by atoms with Gasteiger partial charge in [0, 0.05) is 12.5 Å². The molecule has 0 radical (unpaired) electrons. The zero-order valence-electron chi connectivity index (χ0n) is 18.9. The van der Waals surface area contributed by atoms with E-state index in [1.54, 1.807) is 0 Å². The minimum Gasteiger partial charge on any atom is -0.390 e. The first-order valence-corrected chi connectivity index (χ1v) is 11.0. The molecule has 29 heavy (non-hydrogen) atoms. The van der Waals surface area contributed by atoms with Crippen LogP contribution in [-0.2, 0) is 14.4 Å². The highest BCUT2D eigenvalue weighted by molar-refractivity contribution is 5.89. The summed E-state index contributed by atoms with van der Waals surface area (Å²) in [5.41, 5.74) is 5.20. The summed E-state index contributed by atoms with van der Waals surface area (Å²) in [5, 5.41) is 5.73. The van der Waals surface area contributed by atoms with Crippen LogP contribution in [0.4, 0.5) is 0 Å². The first-order chi connectivity index (χ1) is 13.7. The monoisotopic (exact) mass is 410 g/mol. The van der Waals surface area contributed by atoms with Crippen molar-refractivity contribution >= 4 is 24.4 Å². The first kappa shape index (κ1) is 27.1. The van der Waals surface area contributed by atoms with Crippen LogP contribution in [0.25, 0.3) is 0 Å². The Labute approximate surface area is 176 Å². The predicted molar refractivity (Wildman–Crippen MR) is 119 cm³/mol. The van der Waals surface area contributed by atoms with E-state index in [2.05, 4.69) is 36.4 Å². The third kappa shape index (κ3) is 13.0. The molecule has 0 rings (SSSR count). The van der Waals surface area contributed by atoms with E-state index < -0.39 is 12.1 Å². The molecule has 2 unspecified atom stereocenters. The molecule has 0 saturated heterocycles. The third-order valence-electron chi connectivity index (χ3n) is 4.77. The lowest BCUT2D eigenvalue weighted by Gasteiger charge is -2.25.